The van der Waals surface area contributed by atoms with Crippen molar-refractivity contribution in [3.8, 4) is 0 Å². The predicted molar refractivity (Wildman–Crippen MR) is 54.0 cm³/mol. The molecule has 5 nitrogen and oxygen atoms in total. The summed E-state index contributed by atoms with van der Waals surface area (Å²) in [5.74, 6) is -0.313. The molecule has 5 heteroatoms. The third-order valence-electron chi connectivity index (χ3n) is 2.84. The van der Waals surface area contributed by atoms with Crippen LogP contribution in [0.25, 0.3) is 0 Å². The topological polar surface area (TPSA) is 69.4 Å². The van der Waals surface area contributed by atoms with E-state index in [0.29, 0.717) is 12.5 Å². The van der Waals surface area contributed by atoms with Crippen LogP contribution >= 0.6 is 0 Å². The Balaban J connectivity index is 2.23. The number of carbonyl (C=O) groups excluding carboxylic acids is 1. The van der Waals surface area contributed by atoms with Crippen molar-refractivity contribution in [1.29, 1.82) is 0 Å². The smallest absolute Gasteiger partial charge is 0.381 e. The van der Waals surface area contributed by atoms with Gasteiger partial charge in [0.1, 0.15) is 0 Å². The van der Waals surface area contributed by atoms with Gasteiger partial charge in [0, 0.05) is 11.8 Å². The Bertz CT molecular complexity index is 236. The molecule has 0 N–H and O–H groups in total. The average molecular weight is 215 g/mol. The molecule has 0 heterocycles. The second-order valence-electron chi connectivity index (χ2n) is 4.10. The highest BCUT2D eigenvalue weighted by Crippen LogP contribution is 2.23. The van der Waals surface area contributed by atoms with E-state index >= 15 is 0 Å². The molecule has 1 aliphatic rings. The van der Waals surface area contributed by atoms with Gasteiger partial charge >= 0.3 is 12.0 Å². The predicted octanol–water partition coefficient (Wildman–Crippen LogP) is 1.78. The standard InChI is InChI=1S/C10H17NO4/c1-8(11(13)14)10(12)15-7-9-5-3-2-4-6-9/h8-9H,2-7H2,1H3. The largest absolute Gasteiger partial charge is 0.460 e. The molecular weight excluding hydrogens is 198 g/mol. The van der Waals surface area contributed by atoms with E-state index in [-0.39, 0.29) is 0 Å². The van der Waals surface area contributed by atoms with Crippen LogP contribution in [0.3, 0.4) is 0 Å². The van der Waals surface area contributed by atoms with Crippen LogP contribution in [0.4, 0.5) is 0 Å². The number of nitro groups is 1. The Morgan fingerprint density at radius 1 is 1.47 bits per heavy atom. The van der Waals surface area contributed by atoms with Gasteiger partial charge in [0.25, 0.3) is 0 Å². The highest BCUT2D eigenvalue weighted by atomic mass is 16.6. The number of hydrogen-bond donors (Lipinski definition) is 0. The molecule has 0 aliphatic heterocycles. The van der Waals surface area contributed by atoms with Crippen molar-refractivity contribution >= 4 is 5.97 Å². The molecule has 1 atom stereocenters. The summed E-state index contributed by atoms with van der Waals surface area (Å²) in [5.41, 5.74) is 0. The zero-order chi connectivity index (χ0) is 11.3. The number of ether oxygens (including phenoxy) is 1. The van der Waals surface area contributed by atoms with Gasteiger partial charge in [0.2, 0.25) is 0 Å². The second kappa shape index (κ2) is 5.68. The molecule has 0 amide bonds. The van der Waals surface area contributed by atoms with Crippen molar-refractivity contribution < 1.29 is 14.5 Å². The summed E-state index contributed by atoms with van der Waals surface area (Å²) in [4.78, 5) is 20.8. The molecule has 1 unspecified atom stereocenters. The summed E-state index contributed by atoms with van der Waals surface area (Å²) in [6, 6.07) is -1.24. The maximum absolute atomic E-state index is 11.2. The molecule has 1 rings (SSSR count). The molecule has 1 aliphatic carbocycles. The minimum atomic E-state index is -1.24. The summed E-state index contributed by atoms with van der Waals surface area (Å²) < 4.78 is 4.92. The molecular formula is C10H17NO4. The summed E-state index contributed by atoms with van der Waals surface area (Å²) in [6.45, 7) is 1.60. The van der Waals surface area contributed by atoms with Crippen LogP contribution in [0.15, 0.2) is 0 Å². The van der Waals surface area contributed by atoms with E-state index in [0.717, 1.165) is 12.8 Å². The van der Waals surface area contributed by atoms with Gasteiger partial charge in [-0.3, -0.25) is 10.1 Å². The maximum atomic E-state index is 11.2. The average Bonchev–Trinajstić information content (AvgIpc) is 2.26. The Hall–Kier alpha value is -1.13. The van der Waals surface area contributed by atoms with Crippen LogP contribution in [0.1, 0.15) is 39.0 Å². The molecule has 0 radical (unpaired) electrons. The summed E-state index contributed by atoms with van der Waals surface area (Å²) in [6.07, 6.45) is 5.73. The van der Waals surface area contributed by atoms with Gasteiger partial charge in [0.05, 0.1) is 6.61 Å². The Kier molecular flexibility index (Phi) is 4.52. The zero-order valence-corrected chi connectivity index (χ0v) is 8.98. The van der Waals surface area contributed by atoms with Gasteiger partial charge in [0.15, 0.2) is 0 Å². The fourth-order valence-electron chi connectivity index (χ4n) is 1.76. The maximum Gasteiger partial charge on any atom is 0.381 e. The van der Waals surface area contributed by atoms with Crippen molar-refractivity contribution in [3.63, 3.8) is 0 Å². The number of rotatable bonds is 4. The monoisotopic (exact) mass is 215 g/mol. The van der Waals surface area contributed by atoms with E-state index in [2.05, 4.69) is 0 Å². The van der Waals surface area contributed by atoms with Gasteiger partial charge in [-0.25, -0.2) is 4.79 Å². The van der Waals surface area contributed by atoms with E-state index in [1.807, 2.05) is 0 Å². The molecule has 86 valence electrons. The van der Waals surface area contributed by atoms with Gasteiger partial charge < -0.3 is 4.74 Å². The number of hydrogen-bond acceptors (Lipinski definition) is 4. The lowest BCUT2D eigenvalue weighted by Crippen LogP contribution is -2.30. The van der Waals surface area contributed by atoms with Crippen LogP contribution in [-0.4, -0.2) is 23.5 Å². The first-order valence-corrected chi connectivity index (χ1v) is 5.41. The second-order valence-corrected chi connectivity index (χ2v) is 4.10. The van der Waals surface area contributed by atoms with Gasteiger partial charge in [-0.15, -0.1) is 0 Å². The van der Waals surface area contributed by atoms with E-state index in [1.54, 1.807) is 0 Å². The lowest BCUT2D eigenvalue weighted by molar-refractivity contribution is -0.506. The fraction of sp³-hybridized carbons (Fsp3) is 0.900. The van der Waals surface area contributed by atoms with Crippen molar-refractivity contribution in [2.24, 2.45) is 5.92 Å². The third kappa shape index (κ3) is 3.85. The number of nitrogens with zero attached hydrogens (tertiary/aromatic N) is 1. The van der Waals surface area contributed by atoms with E-state index in [4.69, 9.17) is 4.74 Å². The zero-order valence-electron chi connectivity index (χ0n) is 8.98. The molecule has 0 aromatic rings. The molecule has 15 heavy (non-hydrogen) atoms. The molecule has 0 aromatic heterocycles. The lowest BCUT2D eigenvalue weighted by atomic mass is 9.90. The van der Waals surface area contributed by atoms with Crippen LogP contribution < -0.4 is 0 Å². The first-order valence-electron chi connectivity index (χ1n) is 5.41. The van der Waals surface area contributed by atoms with Crippen molar-refractivity contribution in [2.45, 2.75) is 45.1 Å². The number of esters is 1. The highest BCUT2D eigenvalue weighted by Gasteiger charge is 2.26. The van der Waals surface area contributed by atoms with Crippen molar-refractivity contribution in [1.82, 2.24) is 0 Å². The summed E-state index contributed by atoms with van der Waals surface area (Å²) in [5, 5.41) is 10.3. The summed E-state index contributed by atoms with van der Waals surface area (Å²) >= 11 is 0. The molecule has 0 bridgehead atoms. The minimum absolute atomic E-state index is 0.344. The molecule has 0 saturated heterocycles. The van der Waals surface area contributed by atoms with Crippen molar-refractivity contribution in [2.75, 3.05) is 6.61 Å². The molecule has 1 fully saturated rings. The van der Waals surface area contributed by atoms with Crippen LogP contribution in [0.2, 0.25) is 0 Å². The molecule has 0 aromatic carbocycles. The van der Waals surface area contributed by atoms with E-state index < -0.39 is 16.9 Å². The van der Waals surface area contributed by atoms with Crippen LogP contribution in [0.5, 0.6) is 0 Å². The van der Waals surface area contributed by atoms with Gasteiger partial charge in [-0.2, -0.15) is 0 Å². The normalized spacial score (nSPS) is 19.5. The minimum Gasteiger partial charge on any atom is -0.460 e. The van der Waals surface area contributed by atoms with Gasteiger partial charge in [-0.05, 0) is 18.8 Å². The quantitative estimate of drug-likeness (QED) is 0.407. The first-order chi connectivity index (χ1) is 7.11. The van der Waals surface area contributed by atoms with E-state index in [1.165, 1.54) is 26.2 Å². The van der Waals surface area contributed by atoms with Gasteiger partial charge in [-0.1, -0.05) is 19.3 Å². The van der Waals surface area contributed by atoms with E-state index in [9.17, 15) is 14.9 Å². The Labute approximate surface area is 88.9 Å². The van der Waals surface area contributed by atoms with Crippen molar-refractivity contribution in [3.05, 3.63) is 10.1 Å². The first kappa shape index (κ1) is 11.9. The van der Waals surface area contributed by atoms with Crippen LogP contribution in [0, 0.1) is 16.0 Å². The Morgan fingerprint density at radius 3 is 2.60 bits per heavy atom. The lowest BCUT2D eigenvalue weighted by Gasteiger charge is -2.20. The molecule has 0 spiro atoms. The molecule has 1 saturated carbocycles. The number of carbonyl (C=O) groups is 1. The third-order valence-corrected chi connectivity index (χ3v) is 2.84. The SMILES string of the molecule is CC(C(=O)OCC1CCCCC1)[N+](=O)[O-]. The van der Waals surface area contributed by atoms with Crippen LogP contribution in [-0.2, 0) is 9.53 Å². The highest BCUT2D eigenvalue weighted by molar-refractivity contribution is 5.73. The summed E-state index contributed by atoms with van der Waals surface area (Å²) in [7, 11) is 0. The fourth-order valence-corrected chi connectivity index (χ4v) is 1.76. The Morgan fingerprint density at radius 2 is 2.07 bits per heavy atom.